The van der Waals surface area contributed by atoms with Crippen LogP contribution in [-0.4, -0.2) is 38.2 Å². The summed E-state index contributed by atoms with van der Waals surface area (Å²) in [5.74, 6) is 0.320. The van der Waals surface area contributed by atoms with Crippen molar-refractivity contribution in [3.05, 3.63) is 39.8 Å². The molecule has 134 valence electrons. The first-order valence-electron chi connectivity index (χ1n) is 8.01. The normalized spacial score (nSPS) is 11.6. The van der Waals surface area contributed by atoms with E-state index in [1.165, 1.54) is 21.8 Å². The average molecular weight is 355 g/mol. The maximum atomic E-state index is 12.7. The lowest BCUT2D eigenvalue weighted by molar-refractivity contribution is 0.529. The van der Waals surface area contributed by atoms with Crippen LogP contribution in [0.1, 0.15) is 6.42 Å². The molecule has 4 rings (SSSR count). The van der Waals surface area contributed by atoms with E-state index in [-0.39, 0.29) is 17.8 Å². The molecule has 0 atom stereocenters. The summed E-state index contributed by atoms with van der Waals surface area (Å²) in [4.78, 5) is 41.6. The average Bonchev–Trinajstić information content (AvgIpc) is 3.21. The van der Waals surface area contributed by atoms with E-state index in [1.54, 1.807) is 25.0 Å². The molecule has 4 aromatic rings. The molecule has 0 aliphatic heterocycles. The first-order valence-corrected chi connectivity index (χ1v) is 8.01. The van der Waals surface area contributed by atoms with E-state index >= 15 is 0 Å². The van der Waals surface area contributed by atoms with Gasteiger partial charge in [0.15, 0.2) is 22.6 Å². The van der Waals surface area contributed by atoms with Gasteiger partial charge in [0, 0.05) is 27.2 Å². The maximum absolute atomic E-state index is 12.7. The van der Waals surface area contributed by atoms with Crippen molar-refractivity contribution in [3.8, 4) is 0 Å². The van der Waals surface area contributed by atoms with Crippen LogP contribution < -0.4 is 17.0 Å². The highest BCUT2D eigenvalue weighted by molar-refractivity contribution is 5.81. The Balaban J connectivity index is 1.64. The molecule has 0 bridgehead atoms. The van der Waals surface area contributed by atoms with Gasteiger partial charge in [0.05, 0.1) is 12.7 Å². The van der Waals surface area contributed by atoms with Crippen LogP contribution in [0.2, 0.25) is 0 Å². The van der Waals surface area contributed by atoms with Gasteiger partial charge in [0.2, 0.25) is 0 Å². The van der Waals surface area contributed by atoms with Crippen molar-refractivity contribution in [1.82, 2.24) is 38.2 Å². The molecule has 0 saturated heterocycles. The highest BCUT2D eigenvalue weighted by atomic mass is 16.2. The summed E-state index contributed by atoms with van der Waals surface area (Å²) in [7, 11) is 3.34. The summed E-state index contributed by atoms with van der Waals surface area (Å²) >= 11 is 0. The molecule has 2 N–H and O–H groups in total. The minimum atomic E-state index is -0.386. The number of aryl methyl sites for hydroxylation is 3. The van der Waals surface area contributed by atoms with Crippen molar-refractivity contribution in [2.75, 3.05) is 5.73 Å². The topological polar surface area (TPSA) is 131 Å². The summed E-state index contributed by atoms with van der Waals surface area (Å²) < 4.78 is 6.06. The summed E-state index contributed by atoms with van der Waals surface area (Å²) in [6.45, 7) is 0.804. The van der Waals surface area contributed by atoms with Crippen LogP contribution in [0.4, 0.5) is 5.82 Å². The molecular formula is C15H17N9O2. The van der Waals surface area contributed by atoms with Crippen LogP contribution in [0.15, 0.2) is 28.6 Å². The molecule has 11 heteroatoms. The number of nitrogens with zero attached hydrogens (tertiary/aromatic N) is 8. The van der Waals surface area contributed by atoms with Gasteiger partial charge in [-0.1, -0.05) is 0 Å². The van der Waals surface area contributed by atoms with Gasteiger partial charge < -0.3 is 14.9 Å². The second kappa shape index (κ2) is 5.79. The summed E-state index contributed by atoms with van der Waals surface area (Å²) in [5, 5.41) is 0. The van der Waals surface area contributed by atoms with Crippen LogP contribution in [0, 0.1) is 0 Å². The van der Waals surface area contributed by atoms with Gasteiger partial charge in [-0.15, -0.1) is 0 Å². The molecule has 0 aliphatic rings. The highest BCUT2D eigenvalue weighted by Gasteiger charge is 2.15. The number of anilines is 1. The lowest BCUT2D eigenvalue weighted by Gasteiger charge is -2.09. The largest absolute Gasteiger partial charge is 0.382 e. The molecule has 0 aromatic carbocycles. The fourth-order valence-electron chi connectivity index (χ4n) is 3.05. The smallest absolute Gasteiger partial charge is 0.332 e. The van der Waals surface area contributed by atoms with E-state index in [9.17, 15) is 9.59 Å². The molecule has 26 heavy (non-hydrogen) atoms. The molecule has 0 spiro atoms. The first kappa shape index (κ1) is 16.0. The zero-order valence-electron chi connectivity index (χ0n) is 14.3. The number of nitrogens with two attached hydrogens (primary N) is 1. The zero-order chi connectivity index (χ0) is 18.4. The van der Waals surface area contributed by atoms with E-state index in [4.69, 9.17) is 5.73 Å². The van der Waals surface area contributed by atoms with Crippen LogP contribution in [0.3, 0.4) is 0 Å². The number of nitrogen functional groups attached to an aromatic ring is 1. The Hall–Kier alpha value is -3.50. The zero-order valence-corrected chi connectivity index (χ0v) is 14.3. The lowest BCUT2D eigenvalue weighted by Crippen LogP contribution is -2.39. The molecule has 0 amide bonds. The van der Waals surface area contributed by atoms with Gasteiger partial charge in [-0.3, -0.25) is 13.9 Å². The van der Waals surface area contributed by atoms with E-state index in [1.807, 2.05) is 4.57 Å². The van der Waals surface area contributed by atoms with Crippen molar-refractivity contribution in [3.63, 3.8) is 0 Å². The predicted octanol–water partition coefficient (Wildman–Crippen LogP) is -0.754. The van der Waals surface area contributed by atoms with Gasteiger partial charge in [0.25, 0.3) is 5.56 Å². The van der Waals surface area contributed by atoms with Crippen molar-refractivity contribution in [2.24, 2.45) is 14.1 Å². The molecule has 0 radical (unpaired) electrons. The third-order valence-electron chi connectivity index (χ3n) is 4.41. The Bertz CT molecular complexity index is 1240. The lowest BCUT2D eigenvalue weighted by atomic mass is 10.4. The number of imidazole rings is 2. The quantitative estimate of drug-likeness (QED) is 0.509. The maximum Gasteiger partial charge on any atom is 0.332 e. The number of hydrogen-bond acceptors (Lipinski definition) is 7. The van der Waals surface area contributed by atoms with Gasteiger partial charge in [0.1, 0.15) is 11.8 Å². The number of fused-ring (bicyclic) bond motifs is 2. The van der Waals surface area contributed by atoms with E-state index in [0.717, 1.165) is 0 Å². The van der Waals surface area contributed by atoms with Crippen molar-refractivity contribution < 1.29 is 0 Å². The van der Waals surface area contributed by atoms with Crippen LogP contribution in [0.5, 0.6) is 0 Å². The number of rotatable bonds is 4. The molecule has 0 fully saturated rings. The van der Waals surface area contributed by atoms with Gasteiger partial charge in [-0.05, 0) is 6.42 Å². The molecule has 0 saturated carbocycles. The molecule has 0 aliphatic carbocycles. The summed E-state index contributed by atoms with van der Waals surface area (Å²) in [6.07, 6.45) is 5.08. The van der Waals surface area contributed by atoms with Crippen LogP contribution in [-0.2, 0) is 27.2 Å². The van der Waals surface area contributed by atoms with Gasteiger partial charge in [-0.25, -0.2) is 24.7 Å². The molecule has 4 heterocycles. The first-order chi connectivity index (χ1) is 12.5. The van der Waals surface area contributed by atoms with Crippen molar-refractivity contribution in [1.29, 1.82) is 0 Å². The number of aromatic nitrogens is 8. The Morgan fingerprint density at radius 2 is 1.81 bits per heavy atom. The minimum Gasteiger partial charge on any atom is -0.382 e. The summed E-state index contributed by atoms with van der Waals surface area (Å²) in [6, 6.07) is 0. The van der Waals surface area contributed by atoms with E-state index in [0.29, 0.717) is 41.1 Å². The standard InChI is InChI=1S/C15H17N9O2/c1-21-7-20-13-10(21)14(25)24(15(26)22(13)2)5-3-4-23-8-19-9-11(16)17-6-18-12(9)23/h6-8H,3-5H2,1-2H3,(H2,16,17,18). The fraction of sp³-hybridized carbons (Fsp3) is 0.333. The Morgan fingerprint density at radius 1 is 1.00 bits per heavy atom. The second-order valence-electron chi connectivity index (χ2n) is 6.05. The molecular weight excluding hydrogens is 338 g/mol. The predicted molar refractivity (Wildman–Crippen MR) is 94.6 cm³/mol. The monoisotopic (exact) mass is 355 g/mol. The Kier molecular flexibility index (Phi) is 3.56. The van der Waals surface area contributed by atoms with Gasteiger partial charge >= 0.3 is 5.69 Å². The third-order valence-corrected chi connectivity index (χ3v) is 4.41. The van der Waals surface area contributed by atoms with Crippen molar-refractivity contribution >= 4 is 28.1 Å². The summed E-state index contributed by atoms with van der Waals surface area (Å²) in [5.41, 5.74) is 7.00. The molecule has 11 nitrogen and oxygen atoms in total. The SMILES string of the molecule is Cn1cnc2c1c(=O)n(CCCn1cnc3c(N)ncnc31)c(=O)n2C. The van der Waals surface area contributed by atoms with Crippen LogP contribution >= 0.6 is 0 Å². The van der Waals surface area contributed by atoms with Crippen molar-refractivity contribution in [2.45, 2.75) is 19.5 Å². The second-order valence-corrected chi connectivity index (χ2v) is 6.05. The Labute approximate surface area is 146 Å². The van der Waals surface area contributed by atoms with Crippen LogP contribution in [0.25, 0.3) is 22.3 Å². The van der Waals surface area contributed by atoms with Gasteiger partial charge in [-0.2, -0.15) is 0 Å². The third kappa shape index (κ3) is 2.28. The highest BCUT2D eigenvalue weighted by Crippen LogP contribution is 2.14. The van der Waals surface area contributed by atoms with E-state index < -0.39 is 0 Å². The number of hydrogen-bond donors (Lipinski definition) is 1. The Morgan fingerprint density at radius 3 is 2.62 bits per heavy atom. The molecule has 0 unspecified atom stereocenters. The minimum absolute atomic E-state index is 0.271. The van der Waals surface area contributed by atoms with E-state index in [2.05, 4.69) is 19.9 Å². The molecule has 4 aromatic heterocycles. The fourth-order valence-corrected chi connectivity index (χ4v) is 3.05.